The molecule has 104 valence electrons. The molecule has 0 aliphatic carbocycles. The Kier molecular flexibility index (Phi) is 5.88. The van der Waals surface area contributed by atoms with Gasteiger partial charge in [0.1, 0.15) is 5.60 Å². The minimum absolute atomic E-state index is 0.0770. The van der Waals surface area contributed by atoms with Gasteiger partial charge in [0.25, 0.3) is 0 Å². The third-order valence-corrected chi connectivity index (χ3v) is 2.18. The lowest BCUT2D eigenvalue weighted by atomic mass is 9.97. The summed E-state index contributed by atoms with van der Waals surface area (Å²) < 4.78 is 5.15. The average Bonchev–Trinajstić information content (AvgIpc) is 2.09. The first kappa shape index (κ1) is 16.5. The molecule has 0 aliphatic heterocycles. The Balaban J connectivity index is 4.75. The van der Waals surface area contributed by atoms with Crippen molar-refractivity contribution in [2.45, 2.75) is 53.2 Å². The quantitative estimate of drug-likeness (QED) is 0.759. The van der Waals surface area contributed by atoms with Crippen LogP contribution in [0.4, 0.5) is 4.79 Å². The Morgan fingerprint density at radius 3 is 2.11 bits per heavy atom. The summed E-state index contributed by atoms with van der Waals surface area (Å²) >= 11 is 0. The molecule has 5 nitrogen and oxygen atoms in total. The Hall–Kier alpha value is -1.52. The van der Waals surface area contributed by atoms with Crippen LogP contribution in [-0.2, 0) is 9.53 Å². The van der Waals surface area contributed by atoms with Gasteiger partial charge >= 0.3 is 12.1 Å². The largest absolute Gasteiger partial charge is 0.478 e. The van der Waals surface area contributed by atoms with Gasteiger partial charge in [-0.25, -0.2) is 9.59 Å². The molecule has 0 fully saturated rings. The molecule has 0 spiro atoms. The van der Waals surface area contributed by atoms with Crippen LogP contribution in [0, 0.1) is 5.92 Å². The molecule has 0 saturated carbocycles. The maximum absolute atomic E-state index is 11.7. The number of hydrogen-bond donors (Lipinski definition) is 2. The van der Waals surface area contributed by atoms with E-state index in [1.807, 2.05) is 13.8 Å². The molecule has 0 aromatic carbocycles. The van der Waals surface area contributed by atoms with Crippen molar-refractivity contribution in [2.24, 2.45) is 5.92 Å². The van der Waals surface area contributed by atoms with Gasteiger partial charge in [-0.2, -0.15) is 0 Å². The lowest BCUT2D eigenvalue weighted by molar-refractivity contribution is -0.131. The molecule has 0 saturated heterocycles. The SMILES string of the molecule is C/C(=C\C(=O)O)[C@@H](NC(=O)OC(C)(C)C)C(C)C. The number of carbonyl (C=O) groups excluding carboxylic acids is 1. The summed E-state index contributed by atoms with van der Waals surface area (Å²) in [7, 11) is 0. The van der Waals surface area contributed by atoms with Crippen molar-refractivity contribution in [3.05, 3.63) is 11.6 Å². The van der Waals surface area contributed by atoms with E-state index in [0.717, 1.165) is 6.08 Å². The van der Waals surface area contributed by atoms with Crippen molar-refractivity contribution in [3.8, 4) is 0 Å². The molecule has 0 unspecified atom stereocenters. The molecular weight excluding hydrogens is 234 g/mol. The lowest BCUT2D eigenvalue weighted by Gasteiger charge is -2.26. The number of aliphatic carboxylic acids is 1. The van der Waals surface area contributed by atoms with Crippen LogP contribution in [0.15, 0.2) is 11.6 Å². The number of amides is 1. The van der Waals surface area contributed by atoms with Gasteiger partial charge in [0.05, 0.1) is 6.04 Å². The smallest absolute Gasteiger partial charge is 0.408 e. The summed E-state index contributed by atoms with van der Waals surface area (Å²) in [5, 5.41) is 11.4. The van der Waals surface area contributed by atoms with Crippen LogP contribution in [0.1, 0.15) is 41.5 Å². The number of nitrogens with one attached hydrogen (secondary N) is 1. The van der Waals surface area contributed by atoms with Gasteiger partial charge in [-0.05, 0) is 39.2 Å². The fraction of sp³-hybridized carbons (Fsp3) is 0.692. The third kappa shape index (κ3) is 6.93. The first-order valence-electron chi connectivity index (χ1n) is 5.93. The van der Waals surface area contributed by atoms with Crippen molar-refractivity contribution in [3.63, 3.8) is 0 Å². The van der Waals surface area contributed by atoms with Crippen LogP contribution in [0.25, 0.3) is 0 Å². The number of carboxylic acids is 1. The number of carbonyl (C=O) groups is 2. The molecule has 0 heterocycles. The van der Waals surface area contributed by atoms with E-state index in [1.165, 1.54) is 0 Å². The molecule has 18 heavy (non-hydrogen) atoms. The third-order valence-electron chi connectivity index (χ3n) is 2.18. The standard InChI is InChI=1S/C13H23NO4/c1-8(2)11(9(3)7-10(15)16)14-12(17)18-13(4,5)6/h7-8,11H,1-6H3,(H,14,17)(H,15,16)/b9-7+/t11-/m0/s1. The zero-order chi connectivity index (χ0) is 14.5. The van der Waals surface area contributed by atoms with E-state index in [4.69, 9.17) is 9.84 Å². The van der Waals surface area contributed by atoms with Crippen LogP contribution in [0.3, 0.4) is 0 Å². The number of ether oxygens (including phenoxy) is 1. The van der Waals surface area contributed by atoms with E-state index < -0.39 is 17.7 Å². The van der Waals surface area contributed by atoms with Crippen LogP contribution in [-0.4, -0.2) is 28.8 Å². The second-order valence-electron chi connectivity index (χ2n) is 5.59. The average molecular weight is 257 g/mol. The van der Waals surface area contributed by atoms with Crippen LogP contribution in [0.2, 0.25) is 0 Å². The molecule has 1 atom stereocenters. The fourth-order valence-corrected chi connectivity index (χ4v) is 1.53. The zero-order valence-electron chi connectivity index (χ0n) is 11.9. The summed E-state index contributed by atoms with van der Waals surface area (Å²) in [6, 6.07) is -0.351. The van der Waals surface area contributed by atoms with Crippen LogP contribution in [0.5, 0.6) is 0 Å². The molecule has 0 rings (SSSR count). The molecule has 2 N–H and O–H groups in total. The van der Waals surface area contributed by atoms with E-state index in [1.54, 1.807) is 27.7 Å². The predicted molar refractivity (Wildman–Crippen MR) is 69.4 cm³/mol. The minimum atomic E-state index is -1.02. The highest BCUT2D eigenvalue weighted by atomic mass is 16.6. The Bertz CT molecular complexity index is 339. The Labute approximate surface area is 108 Å². The summed E-state index contributed by atoms with van der Waals surface area (Å²) in [5.74, 6) is -0.947. The van der Waals surface area contributed by atoms with Gasteiger partial charge in [0.2, 0.25) is 0 Å². The highest BCUT2D eigenvalue weighted by molar-refractivity contribution is 5.81. The van der Waals surface area contributed by atoms with E-state index in [9.17, 15) is 9.59 Å². The summed E-state index contributed by atoms with van der Waals surface area (Å²) in [6.07, 6.45) is 0.557. The number of carboxylic acid groups (broad SMARTS) is 1. The van der Waals surface area contributed by atoms with Crippen LogP contribution >= 0.6 is 0 Å². The van der Waals surface area contributed by atoms with Crippen molar-refractivity contribution in [1.82, 2.24) is 5.32 Å². The number of rotatable bonds is 4. The highest BCUT2D eigenvalue weighted by Crippen LogP contribution is 2.13. The number of hydrogen-bond acceptors (Lipinski definition) is 3. The topological polar surface area (TPSA) is 75.6 Å². The molecule has 0 aromatic heterocycles. The van der Waals surface area contributed by atoms with Gasteiger partial charge < -0.3 is 15.2 Å². The Morgan fingerprint density at radius 1 is 1.28 bits per heavy atom. The second-order valence-corrected chi connectivity index (χ2v) is 5.59. The second kappa shape index (κ2) is 6.42. The molecule has 1 amide bonds. The van der Waals surface area contributed by atoms with E-state index >= 15 is 0 Å². The minimum Gasteiger partial charge on any atom is -0.478 e. The first-order chi connectivity index (χ1) is 8.03. The summed E-state index contributed by atoms with van der Waals surface area (Å²) in [6.45, 7) is 10.8. The van der Waals surface area contributed by atoms with Gasteiger partial charge in [-0.15, -0.1) is 0 Å². The van der Waals surface area contributed by atoms with E-state index in [-0.39, 0.29) is 12.0 Å². The lowest BCUT2D eigenvalue weighted by Crippen LogP contribution is -2.42. The van der Waals surface area contributed by atoms with Crippen molar-refractivity contribution in [2.75, 3.05) is 0 Å². The first-order valence-corrected chi connectivity index (χ1v) is 5.93. The molecule has 0 radical (unpaired) electrons. The van der Waals surface area contributed by atoms with E-state index in [0.29, 0.717) is 5.57 Å². The van der Waals surface area contributed by atoms with Gasteiger partial charge in [-0.1, -0.05) is 13.8 Å². The molecule has 5 heteroatoms. The number of alkyl carbamates (subject to hydrolysis) is 1. The molecule has 0 aliphatic rings. The van der Waals surface area contributed by atoms with Crippen molar-refractivity contribution < 1.29 is 19.4 Å². The maximum atomic E-state index is 11.7. The van der Waals surface area contributed by atoms with Crippen molar-refractivity contribution >= 4 is 12.1 Å². The predicted octanol–water partition coefficient (Wildman–Crippen LogP) is 2.57. The monoisotopic (exact) mass is 257 g/mol. The highest BCUT2D eigenvalue weighted by Gasteiger charge is 2.22. The maximum Gasteiger partial charge on any atom is 0.408 e. The van der Waals surface area contributed by atoms with Gasteiger partial charge in [-0.3, -0.25) is 0 Å². The van der Waals surface area contributed by atoms with Crippen LogP contribution < -0.4 is 5.32 Å². The summed E-state index contributed by atoms with van der Waals surface area (Å²) in [5.41, 5.74) is 0.0131. The molecular formula is C13H23NO4. The normalized spacial score (nSPS) is 14.3. The zero-order valence-corrected chi connectivity index (χ0v) is 11.9. The molecule has 0 bridgehead atoms. The summed E-state index contributed by atoms with van der Waals surface area (Å²) in [4.78, 5) is 22.3. The van der Waals surface area contributed by atoms with E-state index in [2.05, 4.69) is 5.32 Å². The van der Waals surface area contributed by atoms with Gasteiger partial charge in [0.15, 0.2) is 0 Å². The van der Waals surface area contributed by atoms with Crippen molar-refractivity contribution in [1.29, 1.82) is 0 Å². The fourth-order valence-electron chi connectivity index (χ4n) is 1.53. The molecule has 0 aromatic rings. The van der Waals surface area contributed by atoms with Gasteiger partial charge in [0, 0.05) is 6.08 Å². The Morgan fingerprint density at radius 2 is 1.78 bits per heavy atom.